The van der Waals surface area contributed by atoms with Crippen molar-refractivity contribution in [3.05, 3.63) is 71.1 Å². The predicted octanol–water partition coefficient (Wildman–Crippen LogP) is 4.58. The number of pyridine rings is 1. The number of carbonyl (C=O) groups excluding carboxylic acids is 4. The summed E-state index contributed by atoms with van der Waals surface area (Å²) < 4.78 is 33.5. The van der Waals surface area contributed by atoms with Crippen molar-refractivity contribution < 1.29 is 32.7 Å². The lowest BCUT2D eigenvalue weighted by atomic mass is 9.93. The monoisotopic (exact) mass is 641 g/mol. The van der Waals surface area contributed by atoms with Crippen LogP contribution in [0.15, 0.2) is 48.2 Å². The molecule has 13 heteroatoms. The van der Waals surface area contributed by atoms with Gasteiger partial charge in [-0.25, -0.2) is 23.4 Å². The zero-order chi connectivity index (χ0) is 32.7. The topological polar surface area (TPSA) is 112 Å². The Balaban J connectivity index is 1.59. The van der Waals surface area contributed by atoms with Crippen LogP contribution in [0.4, 0.5) is 13.6 Å². The Kier molecular flexibility index (Phi) is 11.2. The zero-order valence-corrected chi connectivity index (χ0v) is 27.2. The van der Waals surface area contributed by atoms with Gasteiger partial charge < -0.3 is 15.0 Å². The Hall–Kier alpha value is -3.97. The second-order valence-electron chi connectivity index (χ2n) is 12.6. The Bertz CT molecular complexity index is 1430. The maximum absolute atomic E-state index is 14.5. The number of hydrogen-bond acceptors (Lipinski definition) is 7. The number of ketones is 1. The van der Waals surface area contributed by atoms with Crippen molar-refractivity contribution in [2.24, 2.45) is 0 Å². The van der Waals surface area contributed by atoms with E-state index in [1.165, 1.54) is 6.07 Å². The Morgan fingerprint density at radius 3 is 2.47 bits per heavy atom. The van der Waals surface area contributed by atoms with E-state index in [1.54, 1.807) is 6.20 Å². The summed E-state index contributed by atoms with van der Waals surface area (Å²) >= 11 is 0. The summed E-state index contributed by atoms with van der Waals surface area (Å²) in [7, 11) is -0.548. The van der Waals surface area contributed by atoms with Crippen LogP contribution < -0.4 is 5.32 Å². The first-order valence-electron chi connectivity index (χ1n) is 15.2. The van der Waals surface area contributed by atoms with E-state index >= 15 is 0 Å². The van der Waals surface area contributed by atoms with Gasteiger partial charge in [0.25, 0.3) is 0 Å². The van der Waals surface area contributed by atoms with E-state index in [9.17, 15) is 28.0 Å². The predicted molar refractivity (Wildman–Crippen MR) is 167 cm³/mol. The zero-order valence-electron chi connectivity index (χ0n) is 26.2. The van der Waals surface area contributed by atoms with Crippen LogP contribution in [0.5, 0.6) is 0 Å². The average Bonchev–Trinajstić information content (AvgIpc) is 3.03. The molecule has 2 aromatic rings. The highest BCUT2D eigenvalue weighted by molar-refractivity contribution is 6.76. The van der Waals surface area contributed by atoms with Crippen LogP contribution in [-0.2, 0) is 19.1 Å². The van der Waals surface area contributed by atoms with Crippen molar-refractivity contribution in [1.82, 2.24) is 25.2 Å². The van der Waals surface area contributed by atoms with Gasteiger partial charge in [-0.3, -0.25) is 14.6 Å². The fourth-order valence-electron chi connectivity index (χ4n) is 5.71. The number of esters is 1. The molecule has 1 saturated heterocycles. The van der Waals surface area contributed by atoms with E-state index in [0.717, 1.165) is 60.9 Å². The van der Waals surface area contributed by atoms with E-state index in [2.05, 4.69) is 34.8 Å². The molecular formula is C32H41F2N5O5Si. The Morgan fingerprint density at radius 2 is 1.87 bits per heavy atom. The number of carbonyl (C=O) groups is 4. The highest BCUT2D eigenvalue weighted by Crippen LogP contribution is 2.33. The second kappa shape index (κ2) is 14.9. The van der Waals surface area contributed by atoms with Crippen molar-refractivity contribution in [3.8, 4) is 0 Å². The van der Waals surface area contributed by atoms with Gasteiger partial charge in [0.05, 0.1) is 18.4 Å². The van der Waals surface area contributed by atoms with Crippen LogP contribution >= 0.6 is 0 Å². The van der Waals surface area contributed by atoms with Crippen LogP contribution in [0.3, 0.4) is 0 Å². The Labute approximate surface area is 263 Å². The number of halogens is 2. The van der Waals surface area contributed by atoms with Crippen LogP contribution in [0.1, 0.15) is 42.9 Å². The van der Waals surface area contributed by atoms with E-state index in [0.29, 0.717) is 31.3 Å². The van der Waals surface area contributed by atoms with Gasteiger partial charge in [-0.1, -0.05) is 31.8 Å². The van der Waals surface area contributed by atoms with E-state index in [4.69, 9.17) is 4.74 Å². The number of Topliss-reactive ketones (excluding diaryl/α,β-unsaturated/α-hetero) is 1. The third-order valence-electron chi connectivity index (χ3n) is 8.19. The molecule has 2 aliphatic rings. The third-order valence-corrected chi connectivity index (χ3v) is 9.94. The number of hydrazine groups is 1. The quantitative estimate of drug-likeness (QED) is 0.194. The molecule has 242 valence electrons. The number of amides is 3. The van der Waals surface area contributed by atoms with Crippen molar-refractivity contribution in [1.29, 1.82) is 0 Å². The fourth-order valence-corrected chi connectivity index (χ4v) is 6.71. The first-order valence-corrected chi connectivity index (χ1v) is 18.9. The molecule has 10 nitrogen and oxygen atoms in total. The van der Waals surface area contributed by atoms with Gasteiger partial charge in [0.2, 0.25) is 6.41 Å². The normalized spacial score (nSPS) is 18.0. The summed E-state index contributed by atoms with van der Waals surface area (Å²) in [5, 5.41) is 4.58. The molecule has 1 fully saturated rings. The molecule has 0 aliphatic carbocycles. The maximum atomic E-state index is 14.5. The number of hydrogen-bond donors (Lipinski definition) is 1. The van der Waals surface area contributed by atoms with Gasteiger partial charge in [-0.2, -0.15) is 5.01 Å². The molecule has 1 N–H and O–H groups in total. The molecule has 3 heterocycles. The van der Waals surface area contributed by atoms with Crippen molar-refractivity contribution in [3.63, 3.8) is 0 Å². The number of methoxy groups -OCH3 is 1. The molecule has 0 saturated carbocycles. The number of ether oxygens (including phenoxy) is 1. The molecule has 1 aromatic carbocycles. The SMILES string of the molecule is COC(=O)C1=C(c2ccc(F)c(F)c2)N(N(C=O)CCCN2CCC(c3ccccn3)CC2)C(=O)NC1C(=O)CC[Si](C)(C)C. The van der Waals surface area contributed by atoms with Gasteiger partial charge in [-0.05, 0) is 69.2 Å². The summed E-state index contributed by atoms with van der Waals surface area (Å²) in [6.45, 7) is 8.69. The minimum Gasteiger partial charge on any atom is -0.466 e. The van der Waals surface area contributed by atoms with Gasteiger partial charge in [0, 0.05) is 44.4 Å². The highest BCUT2D eigenvalue weighted by atomic mass is 28.3. The van der Waals surface area contributed by atoms with Gasteiger partial charge in [0.15, 0.2) is 17.4 Å². The number of likely N-dealkylation sites (tertiary alicyclic amines) is 1. The van der Waals surface area contributed by atoms with Gasteiger partial charge in [-0.15, -0.1) is 0 Å². The number of benzene rings is 1. The van der Waals surface area contributed by atoms with Crippen LogP contribution in [0.2, 0.25) is 25.7 Å². The number of rotatable bonds is 13. The molecule has 1 atom stereocenters. The lowest BCUT2D eigenvalue weighted by molar-refractivity contribution is -0.138. The molecule has 4 rings (SSSR count). The minimum absolute atomic E-state index is 0.0596. The molecule has 0 bridgehead atoms. The first kappa shape index (κ1) is 33.9. The second-order valence-corrected chi connectivity index (χ2v) is 18.2. The molecule has 0 radical (unpaired) electrons. The Morgan fingerprint density at radius 1 is 1.13 bits per heavy atom. The van der Waals surface area contributed by atoms with Gasteiger partial charge >= 0.3 is 12.0 Å². The lowest BCUT2D eigenvalue weighted by Gasteiger charge is -2.40. The molecule has 0 spiro atoms. The van der Waals surface area contributed by atoms with Gasteiger partial charge in [0.1, 0.15) is 6.04 Å². The summed E-state index contributed by atoms with van der Waals surface area (Å²) in [6, 6.07) is 7.17. The maximum Gasteiger partial charge on any atom is 0.341 e. The smallest absolute Gasteiger partial charge is 0.341 e. The van der Waals surface area contributed by atoms with E-state index < -0.39 is 43.5 Å². The first-order chi connectivity index (χ1) is 21.4. The number of nitrogens with one attached hydrogen (secondary N) is 1. The molecular weight excluding hydrogens is 600 g/mol. The average molecular weight is 642 g/mol. The summed E-state index contributed by atoms with van der Waals surface area (Å²) in [6.07, 6.45) is 4.71. The number of urea groups is 1. The third kappa shape index (κ3) is 8.40. The summed E-state index contributed by atoms with van der Waals surface area (Å²) in [5.41, 5.74) is 0.553. The number of nitrogens with zero attached hydrogens (tertiary/aromatic N) is 4. The summed E-state index contributed by atoms with van der Waals surface area (Å²) in [5.74, 6) is -3.32. The molecule has 2 aliphatic heterocycles. The largest absolute Gasteiger partial charge is 0.466 e. The minimum atomic E-state index is -1.67. The van der Waals surface area contributed by atoms with Crippen LogP contribution in [0, 0.1) is 11.6 Å². The molecule has 3 amide bonds. The molecule has 1 unspecified atom stereocenters. The van der Waals surface area contributed by atoms with Crippen molar-refractivity contribution >= 4 is 38.0 Å². The van der Waals surface area contributed by atoms with Crippen molar-refractivity contribution in [2.45, 2.75) is 63.3 Å². The number of piperidine rings is 1. The van der Waals surface area contributed by atoms with Crippen molar-refractivity contribution in [2.75, 3.05) is 33.3 Å². The fraction of sp³-hybridized carbons (Fsp3) is 0.469. The van der Waals surface area contributed by atoms with Crippen LogP contribution in [0.25, 0.3) is 5.70 Å². The number of aromatic nitrogens is 1. The lowest BCUT2D eigenvalue weighted by Crippen LogP contribution is -2.59. The molecule has 1 aromatic heterocycles. The molecule has 45 heavy (non-hydrogen) atoms. The summed E-state index contributed by atoms with van der Waals surface area (Å²) in [4.78, 5) is 59.5. The van der Waals surface area contributed by atoms with E-state index in [-0.39, 0.29) is 29.8 Å². The highest BCUT2D eigenvalue weighted by Gasteiger charge is 2.43. The standard InChI is InChI=1S/C32H41F2N5O5Si/c1-44-31(42)28-29(27(41)13-19-45(2,3)4)36-32(43)39(30(28)23-9-10-24(33)25(34)20-23)38(21-40)16-7-15-37-17-11-22(12-18-37)26-8-5-6-14-35-26/h5-6,8-10,14,20-22,29H,7,11-13,15-19H2,1-4H3,(H,36,43). The van der Waals surface area contributed by atoms with E-state index in [1.807, 2.05) is 18.2 Å². The van der Waals surface area contributed by atoms with Crippen LogP contribution in [-0.4, -0.2) is 91.5 Å².